The first-order chi connectivity index (χ1) is 9.25. The van der Waals surface area contributed by atoms with Crippen LogP contribution in [0.2, 0.25) is 0 Å². The van der Waals surface area contributed by atoms with Gasteiger partial charge in [0, 0.05) is 19.1 Å². The van der Waals surface area contributed by atoms with Crippen LogP contribution >= 0.6 is 22.6 Å². The molecule has 6 heteroatoms. The Morgan fingerprint density at radius 2 is 2.11 bits per heavy atom. The van der Waals surface area contributed by atoms with Crippen LogP contribution in [0.5, 0.6) is 0 Å². The van der Waals surface area contributed by atoms with E-state index in [1.54, 1.807) is 0 Å². The van der Waals surface area contributed by atoms with Crippen molar-refractivity contribution in [3.8, 4) is 0 Å². The monoisotopic (exact) mass is 374 g/mol. The summed E-state index contributed by atoms with van der Waals surface area (Å²) < 4.78 is 0.706. The molecule has 2 aliphatic rings. The number of anilines is 1. The predicted octanol–water partition coefficient (Wildman–Crippen LogP) is 1.34. The molecule has 0 amide bonds. The average Bonchev–Trinajstić information content (AvgIpc) is 2.96. The van der Waals surface area contributed by atoms with E-state index in [1.807, 2.05) is 0 Å². The van der Waals surface area contributed by atoms with Crippen LogP contribution in [0, 0.1) is 9.49 Å². The Balaban J connectivity index is 1.66. The molecule has 2 N–H and O–H groups in total. The molecule has 0 spiro atoms. The third kappa shape index (κ3) is 2.79. The van der Waals surface area contributed by atoms with Gasteiger partial charge in [0.2, 0.25) is 0 Å². The molecule has 0 radical (unpaired) electrons. The van der Waals surface area contributed by atoms with Crippen molar-refractivity contribution in [2.45, 2.75) is 31.7 Å². The lowest BCUT2D eigenvalue weighted by Gasteiger charge is -2.35. The van der Waals surface area contributed by atoms with Crippen LogP contribution in [0.1, 0.15) is 25.7 Å². The summed E-state index contributed by atoms with van der Waals surface area (Å²) in [4.78, 5) is 20.8. The number of piperidine rings is 1. The van der Waals surface area contributed by atoms with Crippen molar-refractivity contribution in [3.63, 3.8) is 0 Å². The highest BCUT2D eigenvalue weighted by molar-refractivity contribution is 14.1. The van der Waals surface area contributed by atoms with Crippen LogP contribution in [-0.2, 0) is 0 Å². The summed E-state index contributed by atoms with van der Waals surface area (Å²) in [6, 6.07) is 0.716. The quantitative estimate of drug-likeness (QED) is 0.768. The molecule has 1 aromatic rings. The summed E-state index contributed by atoms with van der Waals surface area (Å²) in [7, 11) is 0. The lowest BCUT2D eigenvalue weighted by atomic mass is 9.88. The molecule has 0 aromatic carbocycles. The van der Waals surface area contributed by atoms with E-state index in [4.69, 9.17) is 0 Å². The average molecular weight is 374 g/mol. The number of aromatic amines is 1. The van der Waals surface area contributed by atoms with Gasteiger partial charge >= 0.3 is 0 Å². The highest BCUT2D eigenvalue weighted by atomic mass is 127. The first-order valence-electron chi connectivity index (χ1n) is 6.97. The SMILES string of the molecule is O=c1[nH]cnc(N2CCC(C3CCCN3)CC2)c1I. The van der Waals surface area contributed by atoms with Crippen molar-refractivity contribution in [1.29, 1.82) is 0 Å². The molecule has 3 heterocycles. The van der Waals surface area contributed by atoms with Gasteiger partial charge in [0.05, 0.1) is 6.33 Å². The largest absolute Gasteiger partial charge is 0.355 e. The third-order valence-electron chi connectivity index (χ3n) is 4.28. The number of hydrogen-bond acceptors (Lipinski definition) is 4. The Morgan fingerprint density at radius 1 is 1.32 bits per heavy atom. The summed E-state index contributed by atoms with van der Waals surface area (Å²) in [5.74, 6) is 1.64. The Labute approximate surface area is 126 Å². The van der Waals surface area contributed by atoms with Crippen LogP contribution < -0.4 is 15.8 Å². The van der Waals surface area contributed by atoms with E-state index in [-0.39, 0.29) is 5.56 Å². The first kappa shape index (κ1) is 13.4. The summed E-state index contributed by atoms with van der Waals surface area (Å²) in [5, 5.41) is 3.61. The molecule has 2 aliphatic heterocycles. The number of halogens is 1. The molecule has 2 fully saturated rings. The second-order valence-corrected chi connectivity index (χ2v) is 6.48. The van der Waals surface area contributed by atoms with E-state index < -0.39 is 0 Å². The van der Waals surface area contributed by atoms with Gasteiger partial charge in [-0.15, -0.1) is 0 Å². The summed E-state index contributed by atoms with van der Waals surface area (Å²) >= 11 is 2.09. The van der Waals surface area contributed by atoms with E-state index in [0.29, 0.717) is 9.61 Å². The maximum atomic E-state index is 11.6. The Bertz CT molecular complexity index is 490. The van der Waals surface area contributed by atoms with Gasteiger partial charge in [0.25, 0.3) is 5.56 Å². The van der Waals surface area contributed by atoms with Gasteiger partial charge in [0.1, 0.15) is 9.39 Å². The van der Waals surface area contributed by atoms with Crippen molar-refractivity contribution in [3.05, 3.63) is 20.3 Å². The molecule has 19 heavy (non-hydrogen) atoms. The van der Waals surface area contributed by atoms with E-state index >= 15 is 0 Å². The number of rotatable bonds is 2. The van der Waals surface area contributed by atoms with Gasteiger partial charge in [0.15, 0.2) is 0 Å². The van der Waals surface area contributed by atoms with Crippen molar-refractivity contribution in [1.82, 2.24) is 15.3 Å². The zero-order valence-corrected chi connectivity index (χ0v) is 13.0. The molecule has 2 saturated heterocycles. The van der Waals surface area contributed by atoms with Crippen LogP contribution in [0.3, 0.4) is 0 Å². The minimum atomic E-state index is -0.0369. The molecule has 1 unspecified atom stereocenters. The first-order valence-corrected chi connectivity index (χ1v) is 8.05. The normalized spacial score (nSPS) is 24.9. The molecule has 0 bridgehead atoms. The molecular weight excluding hydrogens is 355 g/mol. The number of H-pyrrole nitrogens is 1. The van der Waals surface area contributed by atoms with Gasteiger partial charge < -0.3 is 15.2 Å². The van der Waals surface area contributed by atoms with E-state index in [0.717, 1.165) is 24.8 Å². The van der Waals surface area contributed by atoms with Crippen LogP contribution in [-0.4, -0.2) is 35.6 Å². The second kappa shape index (κ2) is 5.78. The van der Waals surface area contributed by atoms with Crippen LogP contribution in [0.15, 0.2) is 11.1 Å². The third-order valence-corrected chi connectivity index (χ3v) is 5.26. The molecule has 104 valence electrons. The van der Waals surface area contributed by atoms with E-state index in [2.05, 4.69) is 42.8 Å². The summed E-state index contributed by atoms with van der Waals surface area (Å²) in [5.41, 5.74) is -0.0369. The predicted molar refractivity (Wildman–Crippen MR) is 83.5 cm³/mol. The van der Waals surface area contributed by atoms with Crippen molar-refractivity contribution in [2.75, 3.05) is 24.5 Å². The van der Waals surface area contributed by atoms with Gasteiger partial charge in [-0.05, 0) is 60.7 Å². The molecule has 3 rings (SSSR count). The smallest absolute Gasteiger partial charge is 0.266 e. The van der Waals surface area contributed by atoms with E-state index in [1.165, 1.54) is 38.6 Å². The molecule has 0 aliphatic carbocycles. The zero-order chi connectivity index (χ0) is 13.2. The van der Waals surface area contributed by atoms with Crippen molar-refractivity contribution >= 4 is 28.4 Å². The zero-order valence-electron chi connectivity index (χ0n) is 10.9. The number of aromatic nitrogens is 2. The fourth-order valence-electron chi connectivity index (χ4n) is 3.22. The summed E-state index contributed by atoms with van der Waals surface area (Å²) in [6.45, 7) is 3.20. The molecular formula is C13H19IN4O. The number of nitrogens with zero attached hydrogens (tertiary/aromatic N) is 2. The Hall–Kier alpha value is -0.630. The lowest BCUT2D eigenvalue weighted by molar-refractivity contribution is 0.318. The van der Waals surface area contributed by atoms with Gasteiger partial charge in [-0.3, -0.25) is 4.79 Å². The Kier molecular flexibility index (Phi) is 4.07. The molecule has 5 nitrogen and oxygen atoms in total. The van der Waals surface area contributed by atoms with Crippen LogP contribution in [0.25, 0.3) is 0 Å². The topological polar surface area (TPSA) is 61.0 Å². The molecule has 1 atom stereocenters. The fraction of sp³-hybridized carbons (Fsp3) is 0.692. The molecule has 1 aromatic heterocycles. The number of hydrogen-bond donors (Lipinski definition) is 2. The minimum absolute atomic E-state index is 0.0369. The lowest BCUT2D eigenvalue weighted by Crippen LogP contribution is -2.42. The highest BCUT2D eigenvalue weighted by Crippen LogP contribution is 2.28. The second-order valence-electron chi connectivity index (χ2n) is 5.40. The van der Waals surface area contributed by atoms with Gasteiger partial charge in [-0.2, -0.15) is 0 Å². The van der Waals surface area contributed by atoms with E-state index in [9.17, 15) is 4.79 Å². The minimum Gasteiger partial charge on any atom is -0.355 e. The summed E-state index contributed by atoms with van der Waals surface area (Å²) in [6.07, 6.45) is 6.54. The Morgan fingerprint density at radius 3 is 2.79 bits per heavy atom. The van der Waals surface area contributed by atoms with Gasteiger partial charge in [-0.1, -0.05) is 0 Å². The standard InChI is InChI=1S/C13H19IN4O/c14-11-12(16-8-17-13(11)19)18-6-3-9(4-7-18)10-2-1-5-15-10/h8-10,15H,1-7H2,(H,16,17,19). The van der Waals surface area contributed by atoms with Crippen LogP contribution in [0.4, 0.5) is 5.82 Å². The fourth-order valence-corrected chi connectivity index (χ4v) is 3.86. The van der Waals surface area contributed by atoms with Crippen molar-refractivity contribution < 1.29 is 0 Å². The number of nitrogens with one attached hydrogen (secondary N) is 2. The maximum absolute atomic E-state index is 11.6. The maximum Gasteiger partial charge on any atom is 0.266 e. The van der Waals surface area contributed by atoms with Gasteiger partial charge in [-0.25, -0.2) is 4.98 Å². The highest BCUT2D eigenvalue weighted by Gasteiger charge is 2.29. The van der Waals surface area contributed by atoms with Crippen molar-refractivity contribution in [2.24, 2.45) is 5.92 Å². The molecule has 0 saturated carbocycles.